The molecule has 0 amide bonds. The van der Waals surface area contributed by atoms with E-state index in [1.807, 2.05) is 19.1 Å². The molecule has 46 heavy (non-hydrogen) atoms. The zero-order valence-corrected chi connectivity index (χ0v) is 29.6. The fourth-order valence-corrected chi connectivity index (χ4v) is 9.93. The van der Waals surface area contributed by atoms with Gasteiger partial charge in [-0.05, 0) is 107 Å². The van der Waals surface area contributed by atoms with Gasteiger partial charge >= 0.3 is 0 Å². The van der Waals surface area contributed by atoms with Crippen LogP contribution in [0.15, 0.2) is 53.5 Å². The van der Waals surface area contributed by atoms with Crippen molar-refractivity contribution in [1.82, 2.24) is 0 Å². The molecule has 0 saturated carbocycles. The van der Waals surface area contributed by atoms with E-state index in [1.54, 1.807) is 12.1 Å². The first-order valence-electron chi connectivity index (χ1n) is 17.7. The molecule has 4 fully saturated rings. The average molecular weight is 659 g/mol. The third-order valence-electron chi connectivity index (χ3n) is 11.1. The minimum atomic E-state index is -3.52. The van der Waals surface area contributed by atoms with Crippen LogP contribution in [0.25, 0.3) is 0 Å². The third-order valence-corrected chi connectivity index (χ3v) is 12.9. The monoisotopic (exact) mass is 658 g/mol. The van der Waals surface area contributed by atoms with Crippen LogP contribution in [-0.4, -0.2) is 74.2 Å². The minimum absolute atomic E-state index is 0.0325. The van der Waals surface area contributed by atoms with Gasteiger partial charge in [0.2, 0.25) is 0 Å². The number of sulfone groups is 1. The Morgan fingerprint density at radius 3 is 2.30 bits per heavy atom. The molecule has 8 heteroatoms. The van der Waals surface area contributed by atoms with Gasteiger partial charge in [0, 0.05) is 25.4 Å². The first-order chi connectivity index (χ1) is 21.7. The first-order valence-corrected chi connectivity index (χ1v) is 19.3. The van der Waals surface area contributed by atoms with Crippen LogP contribution in [0.5, 0.6) is 0 Å². The zero-order chi connectivity index (χ0) is 33.2. The van der Waals surface area contributed by atoms with Crippen molar-refractivity contribution < 1.29 is 32.5 Å². The Labute approximate surface area is 278 Å². The normalized spacial score (nSPS) is 36.5. The molecule has 0 aliphatic carbocycles. The van der Waals surface area contributed by atoms with Crippen LogP contribution in [-0.2, 0) is 28.8 Å². The highest BCUT2D eigenvalue weighted by Crippen LogP contribution is 2.44. The molecule has 1 aromatic rings. The third kappa shape index (κ3) is 8.72. The predicted molar refractivity (Wildman–Crippen MR) is 182 cm³/mol. The van der Waals surface area contributed by atoms with E-state index in [0.29, 0.717) is 17.2 Å². The van der Waals surface area contributed by atoms with Gasteiger partial charge in [-0.15, -0.1) is 0 Å². The van der Waals surface area contributed by atoms with Gasteiger partial charge in [0.15, 0.2) is 9.84 Å². The smallest absolute Gasteiger partial charge is 0.178 e. The lowest BCUT2D eigenvalue weighted by atomic mass is 9.82. The van der Waals surface area contributed by atoms with Gasteiger partial charge in [0.05, 0.1) is 59.0 Å². The number of hydrogen-bond acceptors (Lipinski definition) is 7. The van der Waals surface area contributed by atoms with Crippen LogP contribution in [0.1, 0.15) is 97.5 Å². The number of aliphatic hydroxyl groups excluding tert-OH is 1. The molecular formula is C38H58O7S. The van der Waals surface area contributed by atoms with E-state index in [9.17, 15) is 13.5 Å². The highest BCUT2D eigenvalue weighted by molar-refractivity contribution is 7.91. The molecule has 4 saturated heterocycles. The van der Waals surface area contributed by atoms with E-state index >= 15 is 0 Å². The summed E-state index contributed by atoms with van der Waals surface area (Å²) >= 11 is 0. The molecular weight excluding hydrogens is 600 g/mol. The largest absolute Gasteiger partial charge is 0.396 e. The lowest BCUT2D eigenvalue weighted by Crippen LogP contribution is -2.38. The summed E-state index contributed by atoms with van der Waals surface area (Å²) in [5, 5.41) is 9.20. The molecule has 10 atom stereocenters. The molecule has 4 heterocycles. The maximum absolute atomic E-state index is 13.7. The molecule has 1 N–H and O–H groups in total. The Balaban J connectivity index is 1.27. The van der Waals surface area contributed by atoms with Crippen molar-refractivity contribution in [2.45, 2.75) is 152 Å². The van der Waals surface area contributed by atoms with Crippen molar-refractivity contribution in [3.05, 3.63) is 54.1 Å². The van der Waals surface area contributed by atoms with Crippen LogP contribution in [0.2, 0.25) is 0 Å². The molecule has 0 radical (unpaired) electrons. The number of benzene rings is 1. The van der Waals surface area contributed by atoms with Crippen molar-refractivity contribution in [2.75, 3.05) is 12.4 Å². The molecule has 5 rings (SSSR count). The lowest BCUT2D eigenvalue weighted by molar-refractivity contribution is -0.0810. The molecule has 4 aliphatic heterocycles. The summed E-state index contributed by atoms with van der Waals surface area (Å²) in [6, 6.07) is 7.18. The lowest BCUT2D eigenvalue weighted by Gasteiger charge is -2.38. The maximum atomic E-state index is 13.7. The summed E-state index contributed by atoms with van der Waals surface area (Å²) in [6.45, 7) is 19.5. The minimum Gasteiger partial charge on any atom is -0.396 e. The van der Waals surface area contributed by atoms with E-state index < -0.39 is 9.84 Å². The van der Waals surface area contributed by atoms with Gasteiger partial charge in [0.25, 0.3) is 0 Å². The Morgan fingerprint density at radius 2 is 1.63 bits per heavy atom. The summed E-state index contributed by atoms with van der Waals surface area (Å²) in [4.78, 5) is 0.370. The Morgan fingerprint density at radius 1 is 0.913 bits per heavy atom. The number of aliphatic hydroxyl groups is 1. The van der Waals surface area contributed by atoms with Gasteiger partial charge in [-0.25, -0.2) is 8.42 Å². The Kier molecular flexibility index (Phi) is 11.6. The maximum Gasteiger partial charge on any atom is 0.178 e. The quantitative estimate of drug-likeness (QED) is 0.225. The second-order valence-electron chi connectivity index (χ2n) is 15.4. The summed E-state index contributed by atoms with van der Waals surface area (Å²) < 4.78 is 53.7. The number of ether oxygens (including phenoxy) is 4. The van der Waals surface area contributed by atoms with E-state index in [0.717, 1.165) is 74.5 Å². The fraction of sp³-hybridized carbons (Fsp3) is 0.737. The molecule has 0 spiro atoms. The van der Waals surface area contributed by atoms with Gasteiger partial charge in [-0.2, -0.15) is 0 Å². The second kappa shape index (κ2) is 14.9. The van der Waals surface area contributed by atoms with Gasteiger partial charge in [-0.1, -0.05) is 44.7 Å². The highest BCUT2D eigenvalue weighted by Gasteiger charge is 2.47. The molecule has 1 unspecified atom stereocenters. The Hall–Kier alpha value is -1.55. The van der Waals surface area contributed by atoms with Gasteiger partial charge in [0.1, 0.15) is 0 Å². The fourth-order valence-electron chi connectivity index (χ4n) is 8.16. The second-order valence-corrected chi connectivity index (χ2v) is 17.4. The van der Waals surface area contributed by atoms with Gasteiger partial charge in [-0.3, -0.25) is 0 Å². The van der Waals surface area contributed by atoms with Crippen molar-refractivity contribution >= 4 is 9.84 Å². The Bertz CT molecular complexity index is 1300. The SMILES string of the molecule is C=C1C(C[C@@H]2O[C@H](C[C@H]3CCC(C)(C)O3)[C@H](C)[C@H]2CS(=O)(=O)c2ccc(C)cc2)O[C@@H](CC[C@@H]2O[C@@H](CCCO)CC2=C)C[C@H]1C. The van der Waals surface area contributed by atoms with Crippen LogP contribution >= 0.6 is 0 Å². The van der Waals surface area contributed by atoms with Crippen molar-refractivity contribution in [3.8, 4) is 0 Å². The van der Waals surface area contributed by atoms with Crippen molar-refractivity contribution in [2.24, 2.45) is 17.8 Å². The molecule has 258 valence electrons. The van der Waals surface area contributed by atoms with E-state index in [4.69, 9.17) is 18.9 Å². The number of aryl methyl sites for hydroxylation is 1. The molecule has 7 nitrogen and oxygen atoms in total. The standard InChI is InChI=1S/C38H58O7S/c1-24-10-13-32(14-11-24)46(40,41)23-33-28(5)35(21-31-16-17-38(6,7)45-31)44-37(33)22-36-27(4)25(2)19-30(43-36)12-15-34-26(3)20-29(42-34)9-8-18-39/h10-11,13-14,25,28-31,33-37,39H,3-4,8-9,12,15-23H2,1-2,5-7H3/t25-,28-,29+,30+,31-,33-,34+,35-,36?,37+/m1/s1. The van der Waals surface area contributed by atoms with E-state index in [2.05, 4.69) is 40.9 Å². The van der Waals surface area contributed by atoms with E-state index in [-0.39, 0.29) is 72.5 Å². The molecule has 0 aromatic heterocycles. The highest BCUT2D eigenvalue weighted by atomic mass is 32.2. The van der Waals surface area contributed by atoms with Gasteiger partial charge < -0.3 is 24.1 Å². The van der Waals surface area contributed by atoms with Crippen LogP contribution in [0.3, 0.4) is 0 Å². The van der Waals surface area contributed by atoms with Crippen molar-refractivity contribution in [1.29, 1.82) is 0 Å². The van der Waals surface area contributed by atoms with Crippen LogP contribution < -0.4 is 0 Å². The zero-order valence-electron chi connectivity index (χ0n) is 28.8. The molecule has 0 bridgehead atoms. The number of rotatable bonds is 13. The molecule has 4 aliphatic rings. The topological polar surface area (TPSA) is 91.3 Å². The van der Waals surface area contributed by atoms with Crippen LogP contribution in [0, 0.1) is 24.7 Å². The summed E-state index contributed by atoms with van der Waals surface area (Å²) in [5.41, 5.74) is 3.12. The average Bonchev–Trinajstić information content (AvgIpc) is 3.63. The van der Waals surface area contributed by atoms with Crippen molar-refractivity contribution in [3.63, 3.8) is 0 Å². The number of hydrogen-bond donors (Lipinski definition) is 1. The summed E-state index contributed by atoms with van der Waals surface area (Å²) in [7, 11) is -3.52. The summed E-state index contributed by atoms with van der Waals surface area (Å²) in [5.74, 6) is 0.245. The summed E-state index contributed by atoms with van der Waals surface area (Å²) in [6.07, 6.45) is 8.34. The first kappa shape index (κ1) is 35.7. The van der Waals surface area contributed by atoms with E-state index in [1.165, 1.54) is 0 Å². The van der Waals surface area contributed by atoms with Crippen LogP contribution in [0.4, 0.5) is 0 Å². The molecule has 1 aromatic carbocycles. The predicted octanol–water partition coefficient (Wildman–Crippen LogP) is 7.14.